The second-order valence-electron chi connectivity index (χ2n) is 7.42. The summed E-state index contributed by atoms with van der Waals surface area (Å²) in [5, 5.41) is 11.8. The Hall–Kier alpha value is -3.10. The van der Waals surface area contributed by atoms with E-state index in [-0.39, 0.29) is 6.61 Å². The van der Waals surface area contributed by atoms with Crippen molar-refractivity contribution in [1.29, 1.82) is 0 Å². The van der Waals surface area contributed by atoms with Gasteiger partial charge in [0.15, 0.2) is 12.1 Å². The van der Waals surface area contributed by atoms with E-state index in [1.807, 2.05) is 48.5 Å². The fourth-order valence-electron chi connectivity index (χ4n) is 3.77. The van der Waals surface area contributed by atoms with Crippen LogP contribution in [0.4, 0.5) is 0 Å². The Bertz CT molecular complexity index is 998. The third-order valence-electron chi connectivity index (χ3n) is 5.32. The highest BCUT2D eigenvalue weighted by Gasteiger charge is 2.56. The number of nitrogens with one attached hydrogen (secondary N) is 1. The maximum Gasteiger partial charge on any atom is 0.330 e. The van der Waals surface area contributed by atoms with Gasteiger partial charge in [-0.2, -0.15) is 0 Å². The number of amides is 2. The lowest BCUT2D eigenvalue weighted by Gasteiger charge is -2.52. The van der Waals surface area contributed by atoms with E-state index >= 15 is 0 Å². The first kappa shape index (κ1) is 21.1. The van der Waals surface area contributed by atoms with Crippen LogP contribution in [0.15, 0.2) is 72.8 Å². The lowest BCUT2D eigenvalue weighted by Crippen LogP contribution is -2.74. The molecule has 2 aromatic carbocycles. The number of rotatable bonds is 7. The fraction of sp³-hybridized carbons (Fsp3) is 0.261. The monoisotopic (exact) mass is 438 g/mol. The van der Waals surface area contributed by atoms with E-state index in [1.54, 1.807) is 12.1 Å². The van der Waals surface area contributed by atoms with E-state index in [0.29, 0.717) is 16.9 Å². The zero-order valence-corrected chi connectivity index (χ0v) is 17.5. The summed E-state index contributed by atoms with van der Waals surface area (Å²) < 4.78 is 5.94. The standard InChI is InChI=1S/C23H22N2O5S/c1-14-13-31-22-17(21(27)25(22)18(14)23(28)29)24-20(26)19(16-10-6-3-7-11-16)30-12-15-8-4-2-5-9-15/h2-11,17-19,22H,1,12-13H2,(H,24,26)(H,28,29)/t17?,18?,19?,22-/m1/s1. The SMILES string of the molecule is C=C1CS[C@@H]2C(NC(=O)C(OCc3ccccc3)c3ccccc3)C(=O)N2C1C(=O)O. The van der Waals surface area contributed by atoms with Crippen molar-refractivity contribution in [1.82, 2.24) is 10.2 Å². The molecule has 2 N–H and O–H groups in total. The zero-order chi connectivity index (χ0) is 22.0. The minimum Gasteiger partial charge on any atom is -0.479 e. The molecule has 0 radical (unpaired) electrons. The van der Waals surface area contributed by atoms with Gasteiger partial charge in [0.2, 0.25) is 5.91 Å². The van der Waals surface area contributed by atoms with Crippen LogP contribution in [-0.4, -0.2) is 51.0 Å². The second kappa shape index (κ2) is 8.95. The van der Waals surface area contributed by atoms with Gasteiger partial charge in [0.1, 0.15) is 11.4 Å². The highest BCUT2D eigenvalue weighted by molar-refractivity contribution is 8.00. The Labute approximate surface area is 184 Å². The van der Waals surface area contributed by atoms with Crippen LogP contribution in [0.3, 0.4) is 0 Å². The highest BCUT2D eigenvalue weighted by Crippen LogP contribution is 2.40. The summed E-state index contributed by atoms with van der Waals surface area (Å²) in [7, 11) is 0. The molecule has 3 unspecified atom stereocenters. The number of β-lactam (4-membered cyclic amide) rings is 1. The first-order chi connectivity index (χ1) is 15.0. The molecule has 2 aliphatic rings. The quantitative estimate of drug-likeness (QED) is 0.509. The Morgan fingerprint density at radius 2 is 1.81 bits per heavy atom. The van der Waals surface area contributed by atoms with Crippen molar-refractivity contribution >= 4 is 29.5 Å². The van der Waals surface area contributed by atoms with Crippen LogP contribution in [0.1, 0.15) is 17.2 Å². The smallest absolute Gasteiger partial charge is 0.330 e. The molecule has 8 heteroatoms. The first-order valence-corrected chi connectivity index (χ1v) is 10.9. The molecule has 0 aliphatic carbocycles. The summed E-state index contributed by atoms with van der Waals surface area (Å²) in [5.41, 5.74) is 2.07. The van der Waals surface area contributed by atoms with Crippen molar-refractivity contribution in [3.05, 3.63) is 83.9 Å². The Balaban J connectivity index is 1.48. The molecule has 0 spiro atoms. The molecule has 0 aromatic heterocycles. The molecule has 4 rings (SSSR count). The topological polar surface area (TPSA) is 95.9 Å². The first-order valence-electron chi connectivity index (χ1n) is 9.82. The van der Waals surface area contributed by atoms with Crippen molar-refractivity contribution in [3.63, 3.8) is 0 Å². The summed E-state index contributed by atoms with van der Waals surface area (Å²) in [6.45, 7) is 4.01. The molecule has 160 valence electrons. The maximum atomic E-state index is 13.1. The van der Waals surface area contributed by atoms with Crippen molar-refractivity contribution in [2.24, 2.45) is 0 Å². The largest absolute Gasteiger partial charge is 0.479 e. The van der Waals surface area contributed by atoms with Crippen LogP contribution in [0.2, 0.25) is 0 Å². The van der Waals surface area contributed by atoms with Gasteiger partial charge in [0.05, 0.1) is 6.61 Å². The van der Waals surface area contributed by atoms with Crippen molar-refractivity contribution in [2.45, 2.75) is 30.2 Å². The summed E-state index contributed by atoms with van der Waals surface area (Å²) in [5.74, 6) is -1.54. The number of carboxylic acid groups (broad SMARTS) is 1. The van der Waals surface area contributed by atoms with Crippen molar-refractivity contribution < 1.29 is 24.2 Å². The number of benzene rings is 2. The summed E-state index contributed by atoms with van der Waals surface area (Å²) in [6.07, 6.45) is -0.901. The fourth-order valence-corrected chi connectivity index (χ4v) is 5.07. The molecule has 2 heterocycles. The zero-order valence-electron chi connectivity index (χ0n) is 16.6. The van der Waals surface area contributed by atoms with Crippen LogP contribution in [0, 0.1) is 0 Å². The van der Waals surface area contributed by atoms with E-state index in [0.717, 1.165) is 5.56 Å². The predicted octanol–water partition coefficient (Wildman–Crippen LogP) is 2.35. The average Bonchev–Trinajstić information content (AvgIpc) is 2.78. The summed E-state index contributed by atoms with van der Waals surface area (Å²) in [6, 6.07) is 16.7. The van der Waals surface area contributed by atoms with Crippen LogP contribution < -0.4 is 5.32 Å². The van der Waals surface area contributed by atoms with Crippen molar-refractivity contribution in [2.75, 3.05) is 5.75 Å². The number of hydrogen-bond donors (Lipinski definition) is 2. The third kappa shape index (κ3) is 4.22. The van der Waals surface area contributed by atoms with E-state index in [2.05, 4.69) is 11.9 Å². The van der Waals surface area contributed by atoms with Crippen LogP contribution >= 0.6 is 11.8 Å². The van der Waals surface area contributed by atoms with Crippen LogP contribution in [-0.2, 0) is 25.7 Å². The van der Waals surface area contributed by atoms with E-state index < -0.39 is 41.3 Å². The molecule has 7 nitrogen and oxygen atoms in total. The second-order valence-corrected chi connectivity index (χ2v) is 8.52. The molecule has 2 saturated heterocycles. The molecule has 0 saturated carbocycles. The Morgan fingerprint density at radius 3 is 2.45 bits per heavy atom. The number of aliphatic carboxylic acids is 1. The molecular weight excluding hydrogens is 416 g/mol. The van der Waals surface area contributed by atoms with E-state index in [9.17, 15) is 19.5 Å². The Morgan fingerprint density at radius 1 is 1.16 bits per heavy atom. The molecule has 0 bridgehead atoms. The molecule has 2 amide bonds. The Kier molecular flexibility index (Phi) is 6.11. The van der Waals surface area contributed by atoms with Gasteiger partial charge in [-0.15, -0.1) is 11.8 Å². The minimum absolute atomic E-state index is 0.234. The molecule has 2 aromatic rings. The number of carbonyl (C=O) groups excluding carboxylic acids is 2. The number of carboxylic acids is 1. The molecule has 31 heavy (non-hydrogen) atoms. The highest BCUT2D eigenvalue weighted by atomic mass is 32.2. The summed E-state index contributed by atoms with van der Waals surface area (Å²) >= 11 is 1.40. The molecule has 4 atom stereocenters. The molecule has 2 aliphatic heterocycles. The van der Waals surface area contributed by atoms with Gasteiger partial charge in [0.25, 0.3) is 5.91 Å². The van der Waals surface area contributed by atoms with Gasteiger partial charge in [-0.25, -0.2) is 4.79 Å². The normalized spacial score (nSPS) is 23.5. The van der Waals surface area contributed by atoms with E-state index in [4.69, 9.17) is 4.74 Å². The van der Waals surface area contributed by atoms with Gasteiger partial charge in [-0.05, 0) is 16.7 Å². The number of thioether (sulfide) groups is 1. The number of nitrogens with zero attached hydrogens (tertiary/aromatic N) is 1. The van der Waals surface area contributed by atoms with Gasteiger partial charge >= 0.3 is 5.97 Å². The van der Waals surface area contributed by atoms with Gasteiger partial charge in [-0.1, -0.05) is 67.2 Å². The van der Waals surface area contributed by atoms with Gasteiger partial charge < -0.3 is 20.1 Å². The van der Waals surface area contributed by atoms with Gasteiger partial charge in [0, 0.05) is 5.75 Å². The van der Waals surface area contributed by atoms with E-state index in [1.165, 1.54) is 16.7 Å². The van der Waals surface area contributed by atoms with Crippen molar-refractivity contribution in [3.8, 4) is 0 Å². The van der Waals surface area contributed by atoms with Crippen LogP contribution in [0.25, 0.3) is 0 Å². The van der Waals surface area contributed by atoms with Gasteiger partial charge in [-0.3, -0.25) is 9.59 Å². The number of fused-ring (bicyclic) bond motifs is 1. The predicted molar refractivity (Wildman–Crippen MR) is 116 cm³/mol. The number of ether oxygens (including phenoxy) is 1. The number of hydrogen-bond acceptors (Lipinski definition) is 5. The lowest BCUT2D eigenvalue weighted by atomic mass is 9.98. The third-order valence-corrected chi connectivity index (χ3v) is 6.69. The maximum absolute atomic E-state index is 13.1. The summed E-state index contributed by atoms with van der Waals surface area (Å²) in [4.78, 5) is 38.7. The molecule has 2 fully saturated rings. The lowest BCUT2D eigenvalue weighted by molar-refractivity contribution is -0.161. The number of carbonyl (C=O) groups is 3. The molecular formula is C23H22N2O5S. The average molecular weight is 439 g/mol. The minimum atomic E-state index is -1.11. The van der Waals surface area contributed by atoms with Crippen LogP contribution in [0.5, 0.6) is 0 Å².